The number of nitrogens with zero attached hydrogens (tertiary/aromatic N) is 1. The third-order valence-electron chi connectivity index (χ3n) is 5.07. The van der Waals surface area contributed by atoms with Crippen molar-refractivity contribution in [3.05, 3.63) is 0 Å². The van der Waals surface area contributed by atoms with Crippen molar-refractivity contribution < 1.29 is 8.42 Å². The number of rotatable bonds is 5. The van der Waals surface area contributed by atoms with Gasteiger partial charge in [-0.3, -0.25) is 0 Å². The van der Waals surface area contributed by atoms with Gasteiger partial charge in [0, 0.05) is 19.1 Å². The Morgan fingerprint density at radius 3 is 2.25 bits per heavy atom. The molecule has 0 amide bonds. The quantitative estimate of drug-likeness (QED) is 0.848. The molecule has 1 heterocycles. The Balaban J connectivity index is 1.89. The van der Waals surface area contributed by atoms with Crippen LogP contribution < -0.4 is 5.32 Å². The minimum absolute atomic E-state index is 0.0982. The molecule has 1 saturated carbocycles. The first-order valence-corrected chi connectivity index (χ1v) is 9.78. The van der Waals surface area contributed by atoms with Crippen LogP contribution in [0.5, 0.6) is 0 Å². The lowest BCUT2D eigenvalue weighted by Crippen LogP contribution is -2.47. The molecule has 1 saturated heterocycles. The van der Waals surface area contributed by atoms with Crippen molar-refractivity contribution in [1.82, 2.24) is 9.62 Å². The maximum absolute atomic E-state index is 12.7. The summed E-state index contributed by atoms with van der Waals surface area (Å²) < 4.78 is 27.1. The summed E-state index contributed by atoms with van der Waals surface area (Å²) in [4.78, 5) is 0. The van der Waals surface area contributed by atoms with E-state index in [2.05, 4.69) is 19.2 Å². The Hall–Kier alpha value is -0.130. The molecule has 0 aromatic carbocycles. The Bertz CT molecular complexity index is 383. The predicted molar refractivity (Wildman–Crippen MR) is 83.2 cm³/mol. The van der Waals surface area contributed by atoms with Crippen molar-refractivity contribution in [2.75, 3.05) is 19.6 Å². The van der Waals surface area contributed by atoms with Gasteiger partial charge in [-0.1, -0.05) is 26.2 Å². The van der Waals surface area contributed by atoms with Crippen molar-refractivity contribution in [3.8, 4) is 0 Å². The van der Waals surface area contributed by atoms with Crippen LogP contribution in [-0.4, -0.2) is 43.6 Å². The second-order valence-corrected chi connectivity index (χ2v) is 8.60. The molecule has 2 fully saturated rings. The number of sulfonamides is 1. The van der Waals surface area contributed by atoms with E-state index in [4.69, 9.17) is 0 Å². The molecule has 1 aliphatic carbocycles. The summed E-state index contributed by atoms with van der Waals surface area (Å²) in [5, 5.41) is 3.37. The lowest BCUT2D eigenvalue weighted by atomic mass is 9.91. The third kappa shape index (κ3) is 3.74. The molecule has 20 heavy (non-hydrogen) atoms. The third-order valence-corrected chi connectivity index (χ3v) is 7.46. The van der Waals surface area contributed by atoms with Gasteiger partial charge in [-0.15, -0.1) is 0 Å². The first-order chi connectivity index (χ1) is 9.55. The van der Waals surface area contributed by atoms with E-state index in [1.807, 2.05) is 0 Å². The van der Waals surface area contributed by atoms with Crippen LogP contribution in [0.2, 0.25) is 0 Å². The molecule has 0 aromatic heterocycles. The summed E-state index contributed by atoms with van der Waals surface area (Å²) in [6, 6.07) is 0.500. The van der Waals surface area contributed by atoms with Crippen LogP contribution in [0.3, 0.4) is 0 Å². The molecule has 0 radical (unpaired) electrons. The van der Waals surface area contributed by atoms with Gasteiger partial charge < -0.3 is 5.32 Å². The summed E-state index contributed by atoms with van der Waals surface area (Å²) in [5.41, 5.74) is 0. The van der Waals surface area contributed by atoms with Gasteiger partial charge in [0.2, 0.25) is 10.0 Å². The Morgan fingerprint density at radius 1 is 1.10 bits per heavy atom. The lowest BCUT2D eigenvalue weighted by molar-refractivity contribution is 0.230. The second kappa shape index (κ2) is 7.23. The van der Waals surface area contributed by atoms with Gasteiger partial charge in [0.05, 0.1) is 5.25 Å². The summed E-state index contributed by atoms with van der Waals surface area (Å²) in [5.74, 6) is 0.618. The van der Waals surface area contributed by atoms with Crippen LogP contribution in [0.4, 0.5) is 0 Å². The average molecular weight is 302 g/mol. The van der Waals surface area contributed by atoms with E-state index < -0.39 is 10.0 Å². The smallest absolute Gasteiger partial charge is 0.216 e. The SMILES string of the molecule is CCNC(C)C1CCN(S(=O)(=O)C2CCCCC2)CC1. The highest BCUT2D eigenvalue weighted by Gasteiger charge is 2.35. The summed E-state index contributed by atoms with van der Waals surface area (Å²) >= 11 is 0. The van der Waals surface area contributed by atoms with Crippen LogP contribution >= 0.6 is 0 Å². The van der Waals surface area contributed by atoms with Gasteiger partial charge in [0.15, 0.2) is 0 Å². The van der Waals surface area contributed by atoms with Crippen LogP contribution in [0, 0.1) is 5.92 Å². The molecule has 0 bridgehead atoms. The summed E-state index contributed by atoms with van der Waals surface area (Å²) in [7, 11) is -3.03. The topological polar surface area (TPSA) is 49.4 Å². The highest BCUT2D eigenvalue weighted by Crippen LogP contribution is 2.29. The molecular weight excluding hydrogens is 272 g/mol. The van der Waals surface area contributed by atoms with E-state index in [0.717, 1.165) is 58.2 Å². The standard InChI is InChI=1S/C15H30N2O2S/c1-3-16-13(2)14-9-11-17(12-10-14)20(18,19)15-7-5-4-6-8-15/h13-16H,3-12H2,1-2H3. The average Bonchev–Trinajstić information content (AvgIpc) is 2.48. The number of hydrogen-bond donors (Lipinski definition) is 1. The van der Waals surface area contributed by atoms with E-state index in [0.29, 0.717) is 12.0 Å². The number of nitrogens with one attached hydrogen (secondary N) is 1. The van der Waals surface area contributed by atoms with Crippen molar-refractivity contribution in [2.45, 2.75) is 70.1 Å². The Morgan fingerprint density at radius 2 is 1.70 bits per heavy atom. The van der Waals surface area contributed by atoms with E-state index in [-0.39, 0.29) is 5.25 Å². The molecule has 5 heteroatoms. The van der Waals surface area contributed by atoms with Gasteiger partial charge in [0.1, 0.15) is 0 Å². The van der Waals surface area contributed by atoms with Gasteiger partial charge in [-0.05, 0) is 45.1 Å². The molecule has 1 N–H and O–H groups in total. The monoisotopic (exact) mass is 302 g/mol. The van der Waals surface area contributed by atoms with E-state index in [1.165, 1.54) is 6.42 Å². The fraction of sp³-hybridized carbons (Fsp3) is 1.00. The maximum atomic E-state index is 12.7. The van der Waals surface area contributed by atoms with Crippen molar-refractivity contribution in [2.24, 2.45) is 5.92 Å². The molecule has 1 atom stereocenters. The van der Waals surface area contributed by atoms with Crippen LogP contribution in [0.25, 0.3) is 0 Å². The molecule has 118 valence electrons. The highest BCUT2D eigenvalue weighted by atomic mass is 32.2. The van der Waals surface area contributed by atoms with E-state index >= 15 is 0 Å². The first kappa shape index (κ1) is 16.2. The largest absolute Gasteiger partial charge is 0.314 e. The molecule has 2 aliphatic rings. The Labute approximate surface area is 124 Å². The molecule has 4 nitrogen and oxygen atoms in total. The van der Waals surface area contributed by atoms with Gasteiger partial charge in [0.25, 0.3) is 0 Å². The van der Waals surface area contributed by atoms with Gasteiger partial charge >= 0.3 is 0 Å². The Kier molecular flexibility index (Phi) is 5.87. The highest BCUT2D eigenvalue weighted by molar-refractivity contribution is 7.89. The van der Waals surface area contributed by atoms with E-state index in [1.54, 1.807) is 4.31 Å². The summed E-state index contributed by atoms with van der Waals surface area (Å²) in [6.07, 6.45) is 7.11. The van der Waals surface area contributed by atoms with Crippen molar-refractivity contribution >= 4 is 10.0 Å². The number of hydrogen-bond acceptors (Lipinski definition) is 3. The predicted octanol–water partition coefficient (Wildman–Crippen LogP) is 2.36. The lowest BCUT2D eigenvalue weighted by Gasteiger charge is -2.36. The molecular formula is C15H30N2O2S. The van der Waals surface area contributed by atoms with Crippen molar-refractivity contribution in [3.63, 3.8) is 0 Å². The minimum atomic E-state index is -3.03. The molecule has 2 rings (SSSR count). The molecule has 1 aliphatic heterocycles. The summed E-state index contributed by atoms with van der Waals surface area (Å²) in [6.45, 7) is 6.78. The molecule has 1 unspecified atom stereocenters. The van der Waals surface area contributed by atoms with Crippen LogP contribution in [-0.2, 0) is 10.0 Å². The fourth-order valence-corrected chi connectivity index (χ4v) is 5.76. The van der Waals surface area contributed by atoms with Crippen molar-refractivity contribution in [1.29, 1.82) is 0 Å². The maximum Gasteiger partial charge on any atom is 0.216 e. The zero-order valence-electron chi connectivity index (χ0n) is 13.0. The zero-order valence-corrected chi connectivity index (χ0v) is 13.8. The second-order valence-electron chi connectivity index (χ2n) is 6.39. The number of piperidine rings is 1. The molecule has 0 spiro atoms. The molecule has 0 aromatic rings. The van der Waals surface area contributed by atoms with Gasteiger partial charge in [-0.25, -0.2) is 12.7 Å². The van der Waals surface area contributed by atoms with Crippen LogP contribution in [0.1, 0.15) is 58.8 Å². The normalized spacial score (nSPS) is 25.7. The fourth-order valence-electron chi connectivity index (χ4n) is 3.69. The van der Waals surface area contributed by atoms with E-state index in [9.17, 15) is 8.42 Å². The minimum Gasteiger partial charge on any atom is -0.314 e. The van der Waals surface area contributed by atoms with Gasteiger partial charge in [-0.2, -0.15) is 0 Å². The first-order valence-electron chi connectivity index (χ1n) is 8.28. The zero-order chi connectivity index (χ0) is 14.6. The van der Waals surface area contributed by atoms with Crippen LogP contribution in [0.15, 0.2) is 0 Å².